The van der Waals surface area contributed by atoms with Crippen LogP contribution < -0.4 is 5.32 Å². The molecule has 1 aromatic heterocycles. The van der Waals surface area contributed by atoms with Crippen molar-refractivity contribution in [3.05, 3.63) is 11.1 Å². The Morgan fingerprint density at radius 1 is 1.50 bits per heavy atom. The fraction of sp³-hybridized carbons (Fsp3) is 0.800. The van der Waals surface area contributed by atoms with Gasteiger partial charge in [-0.15, -0.1) is 5.10 Å². The summed E-state index contributed by atoms with van der Waals surface area (Å²) in [5.41, 5.74) is 1.08. The number of hydrogen-bond donors (Lipinski definition) is 1. The first-order valence-electron chi connectivity index (χ1n) is 5.35. The van der Waals surface area contributed by atoms with Crippen LogP contribution >= 0.6 is 11.5 Å². The highest BCUT2D eigenvalue weighted by Gasteiger charge is 2.20. The van der Waals surface area contributed by atoms with Gasteiger partial charge in [0.25, 0.3) is 0 Å². The summed E-state index contributed by atoms with van der Waals surface area (Å²) in [6.45, 7) is 3.22. The number of nitrogens with zero attached hydrogens (tertiary/aromatic N) is 2. The molecule has 14 heavy (non-hydrogen) atoms. The molecular formula is C10H17N3S. The largest absolute Gasteiger partial charge is 0.308 e. The van der Waals surface area contributed by atoms with Gasteiger partial charge in [-0.3, -0.25) is 0 Å². The lowest BCUT2D eigenvalue weighted by Gasteiger charge is -2.29. The highest BCUT2D eigenvalue weighted by molar-refractivity contribution is 7.03. The lowest BCUT2D eigenvalue weighted by atomic mass is 9.86. The Kier molecular flexibility index (Phi) is 3.48. The fourth-order valence-electron chi connectivity index (χ4n) is 2.12. The van der Waals surface area contributed by atoms with Crippen LogP contribution in [0.1, 0.15) is 38.3 Å². The molecule has 2 atom stereocenters. The normalized spacial score (nSPS) is 27.8. The molecule has 78 valence electrons. The van der Waals surface area contributed by atoms with E-state index in [0.717, 1.165) is 18.2 Å². The highest BCUT2D eigenvalue weighted by atomic mass is 32.1. The zero-order valence-electron chi connectivity index (χ0n) is 8.57. The number of rotatable bonds is 3. The van der Waals surface area contributed by atoms with Gasteiger partial charge in [0, 0.05) is 18.0 Å². The van der Waals surface area contributed by atoms with Gasteiger partial charge >= 0.3 is 0 Å². The molecule has 4 heteroatoms. The molecule has 0 aromatic carbocycles. The van der Waals surface area contributed by atoms with Crippen molar-refractivity contribution in [1.29, 1.82) is 0 Å². The smallest absolute Gasteiger partial charge is 0.0893 e. The number of nitrogens with one attached hydrogen (secondary N) is 1. The first kappa shape index (κ1) is 10.1. The van der Waals surface area contributed by atoms with E-state index in [1.807, 2.05) is 5.38 Å². The maximum absolute atomic E-state index is 4.03. The molecule has 1 fully saturated rings. The van der Waals surface area contributed by atoms with Crippen LogP contribution in [-0.2, 0) is 6.54 Å². The van der Waals surface area contributed by atoms with Gasteiger partial charge in [0.2, 0.25) is 0 Å². The van der Waals surface area contributed by atoms with Crippen molar-refractivity contribution in [3.63, 3.8) is 0 Å². The maximum Gasteiger partial charge on any atom is 0.0893 e. The fourth-order valence-corrected chi connectivity index (χ4v) is 2.57. The molecule has 1 saturated carbocycles. The maximum atomic E-state index is 4.03. The Hall–Kier alpha value is -0.480. The Balaban J connectivity index is 1.79. The van der Waals surface area contributed by atoms with Gasteiger partial charge in [0.05, 0.1) is 5.69 Å². The van der Waals surface area contributed by atoms with Gasteiger partial charge in [-0.25, -0.2) is 0 Å². The predicted octanol–water partition coefficient (Wildman–Crippen LogP) is 2.21. The highest BCUT2D eigenvalue weighted by Crippen LogP contribution is 2.23. The van der Waals surface area contributed by atoms with E-state index < -0.39 is 0 Å². The number of aromatic nitrogens is 2. The minimum atomic E-state index is 0.686. The average Bonchev–Trinajstić information content (AvgIpc) is 2.69. The van der Waals surface area contributed by atoms with Gasteiger partial charge in [-0.05, 0) is 30.3 Å². The Morgan fingerprint density at radius 3 is 3.07 bits per heavy atom. The second kappa shape index (κ2) is 4.84. The molecule has 0 radical (unpaired) electrons. The topological polar surface area (TPSA) is 37.8 Å². The average molecular weight is 211 g/mol. The van der Waals surface area contributed by atoms with Crippen molar-refractivity contribution < 1.29 is 0 Å². The third-order valence-electron chi connectivity index (χ3n) is 3.06. The minimum Gasteiger partial charge on any atom is -0.308 e. The van der Waals surface area contributed by atoms with E-state index in [-0.39, 0.29) is 0 Å². The quantitative estimate of drug-likeness (QED) is 0.833. The SMILES string of the molecule is C[C@H]1CCCC[C@@H]1NCc1csnn1. The standard InChI is InChI=1S/C10H17N3S/c1-8-4-2-3-5-10(8)11-6-9-7-14-13-12-9/h7-8,10-11H,2-6H2,1H3/t8-,10-/m0/s1. The van der Waals surface area contributed by atoms with E-state index >= 15 is 0 Å². The molecule has 0 aliphatic heterocycles. The first-order chi connectivity index (χ1) is 6.86. The number of hydrogen-bond acceptors (Lipinski definition) is 4. The molecule has 0 spiro atoms. The zero-order chi connectivity index (χ0) is 9.80. The molecule has 1 aliphatic rings. The Morgan fingerprint density at radius 2 is 2.36 bits per heavy atom. The monoisotopic (exact) mass is 211 g/mol. The molecule has 1 aliphatic carbocycles. The van der Waals surface area contributed by atoms with Crippen molar-refractivity contribution >= 4 is 11.5 Å². The van der Waals surface area contributed by atoms with Crippen molar-refractivity contribution in [2.75, 3.05) is 0 Å². The van der Waals surface area contributed by atoms with Gasteiger partial charge < -0.3 is 5.32 Å². The summed E-state index contributed by atoms with van der Waals surface area (Å²) in [6.07, 6.45) is 5.46. The van der Waals surface area contributed by atoms with Crippen LogP contribution in [0, 0.1) is 5.92 Å². The summed E-state index contributed by atoms with van der Waals surface area (Å²) in [6, 6.07) is 0.686. The summed E-state index contributed by atoms with van der Waals surface area (Å²) in [4.78, 5) is 0. The van der Waals surface area contributed by atoms with Gasteiger partial charge in [0.15, 0.2) is 0 Å². The van der Waals surface area contributed by atoms with Crippen LogP contribution in [-0.4, -0.2) is 15.6 Å². The summed E-state index contributed by atoms with van der Waals surface area (Å²) in [5, 5.41) is 9.62. The lowest BCUT2D eigenvalue weighted by Crippen LogP contribution is -2.36. The van der Waals surface area contributed by atoms with E-state index in [2.05, 4.69) is 21.8 Å². The first-order valence-corrected chi connectivity index (χ1v) is 6.19. The summed E-state index contributed by atoms with van der Waals surface area (Å²) in [5.74, 6) is 0.815. The molecule has 0 amide bonds. The Labute approximate surface area is 89.1 Å². The second-order valence-electron chi connectivity index (χ2n) is 4.15. The van der Waals surface area contributed by atoms with Gasteiger partial charge in [0.1, 0.15) is 0 Å². The molecule has 0 unspecified atom stereocenters. The zero-order valence-corrected chi connectivity index (χ0v) is 9.39. The van der Waals surface area contributed by atoms with Crippen LogP contribution in [0.5, 0.6) is 0 Å². The van der Waals surface area contributed by atoms with E-state index in [9.17, 15) is 0 Å². The molecule has 1 N–H and O–H groups in total. The van der Waals surface area contributed by atoms with E-state index in [0.29, 0.717) is 6.04 Å². The van der Waals surface area contributed by atoms with Crippen molar-refractivity contribution in [3.8, 4) is 0 Å². The van der Waals surface area contributed by atoms with Crippen LogP contribution in [0.15, 0.2) is 5.38 Å². The molecule has 0 saturated heterocycles. The molecular weight excluding hydrogens is 194 g/mol. The minimum absolute atomic E-state index is 0.686. The molecule has 2 rings (SSSR count). The molecule has 1 heterocycles. The summed E-state index contributed by atoms with van der Waals surface area (Å²) < 4.78 is 3.86. The second-order valence-corrected chi connectivity index (χ2v) is 4.76. The molecule has 0 bridgehead atoms. The van der Waals surface area contributed by atoms with Crippen LogP contribution in [0.25, 0.3) is 0 Å². The predicted molar refractivity (Wildman–Crippen MR) is 58.2 cm³/mol. The summed E-state index contributed by atoms with van der Waals surface area (Å²) >= 11 is 1.43. The third kappa shape index (κ3) is 2.51. The van der Waals surface area contributed by atoms with E-state index in [1.165, 1.54) is 37.2 Å². The van der Waals surface area contributed by atoms with Gasteiger partial charge in [-0.1, -0.05) is 24.3 Å². The molecule has 3 nitrogen and oxygen atoms in total. The van der Waals surface area contributed by atoms with Crippen molar-refractivity contribution in [2.45, 2.75) is 45.2 Å². The van der Waals surface area contributed by atoms with E-state index in [1.54, 1.807) is 0 Å². The van der Waals surface area contributed by atoms with Crippen LogP contribution in [0.3, 0.4) is 0 Å². The summed E-state index contributed by atoms with van der Waals surface area (Å²) in [7, 11) is 0. The molecule has 1 aromatic rings. The van der Waals surface area contributed by atoms with Crippen molar-refractivity contribution in [1.82, 2.24) is 14.9 Å². The van der Waals surface area contributed by atoms with Crippen LogP contribution in [0.2, 0.25) is 0 Å². The van der Waals surface area contributed by atoms with Gasteiger partial charge in [-0.2, -0.15) is 0 Å². The van der Waals surface area contributed by atoms with Crippen molar-refractivity contribution in [2.24, 2.45) is 5.92 Å². The van der Waals surface area contributed by atoms with Crippen LogP contribution in [0.4, 0.5) is 0 Å². The van der Waals surface area contributed by atoms with E-state index in [4.69, 9.17) is 0 Å². The third-order valence-corrected chi connectivity index (χ3v) is 3.62. The Bertz CT molecular complexity index is 260. The lowest BCUT2D eigenvalue weighted by molar-refractivity contribution is 0.278.